The summed E-state index contributed by atoms with van der Waals surface area (Å²) in [5, 5.41) is 0. The lowest BCUT2D eigenvalue weighted by molar-refractivity contribution is -0.0192. The van der Waals surface area contributed by atoms with E-state index >= 15 is 0 Å². The lowest BCUT2D eigenvalue weighted by Crippen LogP contribution is -2.24. The Bertz CT molecular complexity index is 136. The first kappa shape index (κ1) is 13.3. The van der Waals surface area contributed by atoms with Gasteiger partial charge in [0.1, 0.15) is 0 Å². The van der Waals surface area contributed by atoms with Gasteiger partial charge in [-0.15, -0.1) is 0 Å². The second kappa shape index (κ2) is 5.26. The molecule has 0 spiro atoms. The Morgan fingerprint density at radius 3 is 2.08 bits per heavy atom. The molecule has 0 N–H and O–H groups in total. The van der Waals surface area contributed by atoms with Gasteiger partial charge in [-0.25, -0.2) is 10.0 Å². The average Bonchev–Trinajstić information content (AvgIpc) is 1.97. The SMILES string of the molecule is CCC(C)(C)OCCCS(C)(C)C. The van der Waals surface area contributed by atoms with Crippen molar-refractivity contribution in [3.63, 3.8) is 0 Å². The summed E-state index contributed by atoms with van der Waals surface area (Å²) < 4.78 is 5.79. The Labute approximate surface area is 85.6 Å². The van der Waals surface area contributed by atoms with E-state index in [9.17, 15) is 0 Å². The Morgan fingerprint density at radius 2 is 1.69 bits per heavy atom. The van der Waals surface area contributed by atoms with Crippen molar-refractivity contribution >= 4 is 10.0 Å². The van der Waals surface area contributed by atoms with Gasteiger partial charge in [-0.2, -0.15) is 0 Å². The van der Waals surface area contributed by atoms with Crippen LogP contribution in [0.1, 0.15) is 33.6 Å². The molecule has 0 amide bonds. The largest absolute Gasteiger partial charge is 0.376 e. The van der Waals surface area contributed by atoms with Crippen molar-refractivity contribution in [2.75, 3.05) is 31.1 Å². The fraction of sp³-hybridized carbons (Fsp3) is 1.00. The summed E-state index contributed by atoms with van der Waals surface area (Å²) in [4.78, 5) is 0. The number of ether oxygens (including phenoxy) is 1. The van der Waals surface area contributed by atoms with Gasteiger partial charge in [0, 0.05) is 6.61 Å². The molecular formula is C11H26OS. The van der Waals surface area contributed by atoms with Crippen molar-refractivity contribution in [2.24, 2.45) is 0 Å². The zero-order valence-corrected chi connectivity index (χ0v) is 11.0. The second-order valence-electron chi connectivity index (χ2n) is 5.11. The maximum absolute atomic E-state index is 5.79. The van der Waals surface area contributed by atoms with E-state index in [0.717, 1.165) is 13.0 Å². The summed E-state index contributed by atoms with van der Waals surface area (Å²) in [6.07, 6.45) is 9.38. The highest BCUT2D eigenvalue weighted by molar-refractivity contribution is 8.32. The van der Waals surface area contributed by atoms with Crippen molar-refractivity contribution < 1.29 is 4.74 Å². The molecule has 0 aromatic rings. The normalized spacial score (nSPS) is 14.6. The minimum Gasteiger partial charge on any atom is -0.376 e. The van der Waals surface area contributed by atoms with Gasteiger partial charge in [-0.3, -0.25) is 0 Å². The van der Waals surface area contributed by atoms with Crippen LogP contribution in [-0.4, -0.2) is 36.7 Å². The van der Waals surface area contributed by atoms with Gasteiger partial charge in [0.05, 0.1) is 5.60 Å². The van der Waals surface area contributed by atoms with E-state index < -0.39 is 0 Å². The minimum atomic E-state index is -0.329. The molecule has 0 rings (SSSR count). The highest BCUT2D eigenvalue weighted by Crippen LogP contribution is 2.35. The van der Waals surface area contributed by atoms with Crippen molar-refractivity contribution in [1.29, 1.82) is 0 Å². The van der Waals surface area contributed by atoms with Gasteiger partial charge in [0.2, 0.25) is 0 Å². The Kier molecular flexibility index (Phi) is 5.38. The van der Waals surface area contributed by atoms with E-state index in [1.54, 1.807) is 0 Å². The van der Waals surface area contributed by atoms with Crippen LogP contribution in [0.15, 0.2) is 0 Å². The Balaban J connectivity index is 3.47. The number of hydrogen-bond acceptors (Lipinski definition) is 1. The van der Waals surface area contributed by atoms with Crippen molar-refractivity contribution in [3.8, 4) is 0 Å². The summed E-state index contributed by atoms with van der Waals surface area (Å²) in [7, 11) is -0.329. The van der Waals surface area contributed by atoms with E-state index in [1.165, 1.54) is 12.2 Å². The summed E-state index contributed by atoms with van der Waals surface area (Å²) in [6.45, 7) is 7.42. The Hall–Kier alpha value is 0.310. The van der Waals surface area contributed by atoms with E-state index in [1.807, 2.05) is 0 Å². The van der Waals surface area contributed by atoms with Crippen molar-refractivity contribution in [1.82, 2.24) is 0 Å². The molecule has 0 fully saturated rings. The summed E-state index contributed by atoms with van der Waals surface area (Å²) in [6, 6.07) is 0. The lowest BCUT2D eigenvalue weighted by atomic mass is 10.1. The highest BCUT2D eigenvalue weighted by Gasteiger charge is 2.14. The standard InChI is InChI=1S/C11H26OS/c1-7-11(2,3)12-9-8-10-13(4,5)6/h7-10H2,1-6H3. The molecule has 0 heterocycles. The van der Waals surface area contributed by atoms with E-state index in [-0.39, 0.29) is 15.6 Å². The molecule has 0 aliphatic rings. The molecule has 13 heavy (non-hydrogen) atoms. The van der Waals surface area contributed by atoms with Crippen LogP contribution in [0.4, 0.5) is 0 Å². The van der Waals surface area contributed by atoms with Crippen LogP contribution in [0.25, 0.3) is 0 Å². The molecule has 0 aliphatic carbocycles. The molecule has 0 atom stereocenters. The predicted molar refractivity (Wildman–Crippen MR) is 65.2 cm³/mol. The maximum Gasteiger partial charge on any atom is 0.0623 e. The third kappa shape index (κ3) is 8.63. The molecular weight excluding hydrogens is 180 g/mol. The van der Waals surface area contributed by atoms with Crippen LogP contribution in [0.5, 0.6) is 0 Å². The Morgan fingerprint density at radius 1 is 1.15 bits per heavy atom. The molecule has 0 saturated carbocycles. The van der Waals surface area contributed by atoms with Gasteiger partial charge in [0.25, 0.3) is 0 Å². The van der Waals surface area contributed by atoms with Gasteiger partial charge in [0.15, 0.2) is 0 Å². The third-order valence-corrected chi connectivity index (χ3v) is 3.76. The first-order valence-corrected chi connectivity index (χ1v) is 8.09. The summed E-state index contributed by atoms with van der Waals surface area (Å²) in [5.74, 6) is 1.33. The molecule has 0 unspecified atom stereocenters. The molecule has 0 aromatic heterocycles. The van der Waals surface area contributed by atoms with Crippen LogP contribution < -0.4 is 0 Å². The first-order valence-electron chi connectivity index (χ1n) is 5.07. The molecule has 0 radical (unpaired) electrons. The first-order chi connectivity index (χ1) is 5.77. The quantitative estimate of drug-likeness (QED) is 0.606. The van der Waals surface area contributed by atoms with Crippen LogP contribution in [0, 0.1) is 0 Å². The summed E-state index contributed by atoms with van der Waals surface area (Å²) in [5.41, 5.74) is 0.0766. The lowest BCUT2D eigenvalue weighted by Gasteiger charge is -2.27. The minimum absolute atomic E-state index is 0.0766. The molecule has 82 valence electrons. The molecule has 0 aromatic carbocycles. The molecule has 0 saturated heterocycles. The van der Waals surface area contributed by atoms with Crippen LogP contribution >= 0.6 is 10.0 Å². The third-order valence-electron chi connectivity index (χ3n) is 2.25. The topological polar surface area (TPSA) is 9.23 Å². The molecule has 2 heteroatoms. The smallest absolute Gasteiger partial charge is 0.0623 e. The monoisotopic (exact) mass is 206 g/mol. The zero-order valence-electron chi connectivity index (χ0n) is 10.1. The number of hydrogen-bond donors (Lipinski definition) is 0. The van der Waals surface area contributed by atoms with Gasteiger partial charge in [-0.1, -0.05) is 6.92 Å². The molecule has 1 nitrogen and oxygen atoms in total. The van der Waals surface area contributed by atoms with E-state index in [4.69, 9.17) is 4.74 Å². The van der Waals surface area contributed by atoms with Gasteiger partial charge < -0.3 is 4.74 Å². The van der Waals surface area contributed by atoms with Crippen LogP contribution in [-0.2, 0) is 4.74 Å². The van der Waals surface area contributed by atoms with Crippen LogP contribution in [0.3, 0.4) is 0 Å². The highest BCUT2D eigenvalue weighted by atomic mass is 32.3. The van der Waals surface area contributed by atoms with Crippen molar-refractivity contribution in [3.05, 3.63) is 0 Å². The van der Waals surface area contributed by atoms with E-state index in [2.05, 4.69) is 39.5 Å². The van der Waals surface area contributed by atoms with E-state index in [0.29, 0.717) is 0 Å². The fourth-order valence-corrected chi connectivity index (χ4v) is 1.93. The molecule has 0 aliphatic heterocycles. The maximum atomic E-state index is 5.79. The summed E-state index contributed by atoms with van der Waals surface area (Å²) >= 11 is 0. The van der Waals surface area contributed by atoms with Gasteiger partial charge in [-0.05, 0) is 51.2 Å². The predicted octanol–water partition coefficient (Wildman–Crippen LogP) is 3.28. The van der Waals surface area contributed by atoms with Crippen LogP contribution in [0.2, 0.25) is 0 Å². The second-order valence-corrected chi connectivity index (χ2v) is 9.70. The van der Waals surface area contributed by atoms with Gasteiger partial charge >= 0.3 is 0 Å². The number of rotatable bonds is 6. The van der Waals surface area contributed by atoms with Crippen molar-refractivity contribution in [2.45, 2.75) is 39.2 Å². The fourth-order valence-electron chi connectivity index (χ4n) is 0.942. The molecule has 0 bridgehead atoms. The zero-order chi connectivity index (χ0) is 10.5. The average molecular weight is 206 g/mol.